The summed E-state index contributed by atoms with van der Waals surface area (Å²) >= 11 is 5.78. The van der Waals surface area contributed by atoms with Crippen molar-refractivity contribution in [1.82, 2.24) is 0 Å². The number of aliphatic hydroxyl groups excluding tert-OH is 1. The van der Waals surface area contributed by atoms with Crippen LogP contribution in [0.25, 0.3) is 0 Å². The van der Waals surface area contributed by atoms with E-state index >= 15 is 0 Å². The normalized spacial score (nSPS) is 14.9. The number of hydrogen-bond donors (Lipinski definition) is 2. The Morgan fingerprint density at radius 1 is 1.33 bits per heavy atom. The Labute approximate surface area is 96.1 Å². The second-order valence-electron chi connectivity index (χ2n) is 3.78. The lowest BCUT2D eigenvalue weighted by molar-refractivity contribution is 0.107. The summed E-state index contributed by atoms with van der Waals surface area (Å²) in [7, 11) is 0. The van der Waals surface area contributed by atoms with Crippen molar-refractivity contribution in [3.63, 3.8) is 0 Å². The van der Waals surface area contributed by atoms with Crippen molar-refractivity contribution in [2.45, 2.75) is 25.9 Å². The summed E-state index contributed by atoms with van der Waals surface area (Å²) in [5.41, 5.74) is 6.53. The van der Waals surface area contributed by atoms with Gasteiger partial charge in [-0.1, -0.05) is 37.1 Å². The Morgan fingerprint density at radius 3 is 2.40 bits per heavy atom. The quantitative estimate of drug-likeness (QED) is 0.813. The summed E-state index contributed by atoms with van der Waals surface area (Å²) in [6, 6.07) is 7.29. The van der Waals surface area contributed by atoms with Crippen LogP contribution in [0.15, 0.2) is 24.3 Å². The summed E-state index contributed by atoms with van der Waals surface area (Å²) in [5, 5.41) is 10.8. The van der Waals surface area contributed by atoms with Crippen molar-refractivity contribution in [2.24, 2.45) is 11.7 Å². The van der Waals surface area contributed by atoms with Crippen molar-refractivity contribution in [2.75, 3.05) is 6.54 Å². The highest BCUT2D eigenvalue weighted by Crippen LogP contribution is 2.25. The molecule has 3 heteroatoms. The number of halogens is 1. The van der Waals surface area contributed by atoms with Gasteiger partial charge in [-0.05, 0) is 30.7 Å². The van der Waals surface area contributed by atoms with E-state index in [1.807, 2.05) is 12.1 Å². The van der Waals surface area contributed by atoms with Gasteiger partial charge in [-0.2, -0.15) is 0 Å². The summed E-state index contributed by atoms with van der Waals surface area (Å²) < 4.78 is 0. The van der Waals surface area contributed by atoms with Gasteiger partial charge < -0.3 is 10.8 Å². The van der Waals surface area contributed by atoms with Gasteiger partial charge in [0.15, 0.2) is 0 Å². The Bertz CT molecular complexity index is 286. The van der Waals surface area contributed by atoms with Gasteiger partial charge in [0.25, 0.3) is 0 Å². The van der Waals surface area contributed by atoms with Crippen molar-refractivity contribution < 1.29 is 5.11 Å². The molecule has 0 amide bonds. The third-order valence-corrected chi connectivity index (χ3v) is 2.87. The van der Waals surface area contributed by atoms with Crippen LogP contribution in [0.3, 0.4) is 0 Å². The molecule has 0 aliphatic carbocycles. The van der Waals surface area contributed by atoms with E-state index in [-0.39, 0.29) is 5.92 Å². The highest BCUT2D eigenvalue weighted by Gasteiger charge is 2.18. The first-order chi connectivity index (χ1) is 7.19. The maximum atomic E-state index is 10.1. The van der Waals surface area contributed by atoms with Crippen LogP contribution in [0, 0.1) is 5.92 Å². The lowest BCUT2D eigenvalue weighted by atomic mass is 9.92. The molecule has 0 aromatic heterocycles. The molecule has 2 nitrogen and oxygen atoms in total. The molecule has 0 aliphatic heterocycles. The first-order valence-corrected chi connectivity index (χ1v) is 5.70. The molecule has 0 aliphatic rings. The first-order valence-electron chi connectivity index (χ1n) is 5.32. The average Bonchev–Trinajstić information content (AvgIpc) is 2.26. The number of rotatable bonds is 5. The number of nitrogens with two attached hydrogens (primary N) is 1. The molecule has 84 valence electrons. The van der Waals surface area contributed by atoms with E-state index in [4.69, 9.17) is 17.3 Å². The highest BCUT2D eigenvalue weighted by molar-refractivity contribution is 6.30. The largest absolute Gasteiger partial charge is 0.388 e. The maximum absolute atomic E-state index is 10.1. The van der Waals surface area contributed by atoms with E-state index in [1.54, 1.807) is 12.1 Å². The smallest absolute Gasteiger partial charge is 0.0830 e. The van der Waals surface area contributed by atoms with Crippen molar-refractivity contribution >= 4 is 11.6 Å². The van der Waals surface area contributed by atoms with Gasteiger partial charge in [0.1, 0.15) is 0 Å². The standard InChI is InChI=1S/C12H18ClNO/c1-2-3-10(8-14)12(15)9-4-6-11(13)7-5-9/h4-7,10,12,15H,2-3,8,14H2,1H3. The second-order valence-corrected chi connectivity index (χ2v) is 4.22. The third-order valence-electron chi connectivity index (χ3n) is 2.62. The molecule has 1 rings (SSSR count). The average molecular weight is 228 g/mol. The lowest BCUT2D eigenvalue weighted by Crippen LogP contribution is -2.21. The molecular formula is C12H18ClNO. The van der Waals surface area contributed by atoms with Crippen LogP contribution in [-0.2, 0) is 0 Å². The van der Waals surface area contributed by atoms with Crippen LogP contribution < -0.4 is 5.73 Å². The molecule has 3 N–H and O–H groups in total. The Kier molecular flexibility index (Phi) is 5.09. The molecule has 1 aromatic rings. The van der Waals surface area contributed by atoms with Gasteiger partial charge in [-0.15, -0.1) is 0 Å². The fourth-order valence-corrected chi connectivity index (χ4v) is 1.83. The SMILES string of the molecule is CCCC(CN)C(O)c1ccc(Cl)cc1. The van der Waals surface area contributed by atoms with Crippen molar-refractivity contribution in [3.8, 4) is 0 Å². The Hall–Kier alpha value is -0.570. The molecular weight excluding hydrogens is 210 g/mol. The molecule has 2 unspecified atom stereocenters. The Balaban J connectivity index is 2.73. The number of aliphatic hydroxyl groups is 1. The molecule has 15 heavy (non-hydrogen) atoms. The highest BCUT2D eigenvalue weighted by atomic mass is 35.5. The predicted octanol–water partition coefficient (Wildman–Crippen LogP) is 2.75. The summed E-state index contributed by atoms with van der Waals surface area (Å²) in [6.45, 7) is 2.61. The van der Waals surface area contributed by atoms with Crippen LogP contribution in [0.5, 0.6) is 0 Å². The lowest BCUT2D eigenvalue weighted by Gasteiger charge is -2.21. The molecule has 0 bridgehead atoms. The summed E-state index contributed by atoms with van der Waals surface area (Å²) in [4.78, 5) is 0. The van der Waals surface area contributed by atoms with E-state index in [0.29, 0.717) is 11.6 Å². The topological polar surface area (TPSA) is 46.2 Å². The molecule has 0 heterocycles. The van der Waals surface area contributed by atoms with Gasteiger partial charge >= 0.3 is 0 Å². The van der Waals surface area contributed by atoms with E-state index in [9.17, 15) is 5.11 Å². The van der Waals surface area contributed by atoms with Gasteiger partial charge in [0, 0.05) is 10.9 Å². The predicted molar refractivity (Wildman–Crippen MR) is 63.9 cm³/mol. The molecule has 0 radical (unpaired) electrons. The van der Waals surface area contributed by atoms with Crippen LogP contribution in [0.4, 0.5) is 0 Å². The zero-order valence-electron chi connectivity index (χ0n) is 8.99. The Morgan fingerprint density at radius 2 is 1.93 bits per heavy atom. The second kappa shape index (κ2) is 6.11. The minimum Gasteiger partial charge on any atom is -0.388 e. The van der Waals surface area contributed by atoms with Crippen molar-refractivity contribution in [3.05, 3.63) is 34.9 Å². The van der Waals surface area contributed by atoms with E-state index in [2.05, 4.69) is 6.92 Å². The van der Waals surface area contributed by atoms with E-state index in [1.165, 1.54) is 0 Å². The minimum absolute atomic E-state index is 0.135. The molecule has 0 saturated carbocycles. The molecule has 2 atom stereocenters. The fourth-order valence-electron chi connectivity index (χ4n) is 1.71. The maximum Gasteiger partial charge on any atom is 0.0830 e. The van der Waals surface area contributed by atoms with Gasteiger partial charge in [-0.25, -0.2) is 0 Å². The fraction of sp³-hybridized carbons (Fsp3) is 0.500. The minimum atomic E-state index is -0.479. The van der Waals surface area contributed by atoms with Crippen molar-refractivity contribution in [1.29, 1.82) is 0 Å². The molecule has 0 spiro atoms. The van der Waals surface area contributed by atoms with Crippen LogP contribution in [0.1, 0.15) is 31.4 Å². The van der Waals surface area contributed by atoms with Crippen LogP contribution in [0.2, 0.25) is 5.02 Å². The van der Waals surface area contributed by atoms with Crippen LogP contribution in [-0.4, -0.2) is 11.7 Å². The molecule has 0 fully saturated rings. The number of hydrogen-bond acceptors (Lipinski definition) is 2. The first kappa shape index (κ1) is 12.5. The number of benzene rings is 1. The van der Waals surface area contributed by atoms with E-state index < -0.39 is 6.10 Å². The van der Waals surface area contributed by atoms with Crippen LogP contribution >= 0.6 is 11.6 Å². The zero-order chi connectivity index (χ0) is 11.3. The van der Waals surface area contributed by atoms with Gasteiger partial charge in [0.2, 0.25) is 0 Å². The third kappa shape index (κ3) is 3.49. The van der Waals surface area contributed by atoms with Gasteiger partial charge in [-0.3, -0.25) is 0 Å². The van der Waals surface area contributed by atoms with E-state index in [0.717, 1.165) is 18.4 Å². The molecule has 1 aromatic carbocycles. The summed E-state index contributed by atoms with van der Waals surface area (Å²) in [5.74, 6) is 0.135. The monoisotopic (exact) mass is 227 g/mol. The zero-order valence-corrected chi connectivity index (χ0v) is 9.74. The van der Waals surface area contributed by atoms with Gasteiger partial charge in [0.05, 0.1) is 6.10 Å². The molecule has 0 saturated heterocycles. The summed E-state index contributed by atoms with van der Waals surface area (Å²) in [6.07, 6.45) is 1.50.